The minimum absolute atomic E-state index is 0.325. The predicted octanol–water partition coefficient (Wildman–Crippen LogP) is 3.62. The van der Waals surface area contributed by atoms with Crippen LogP contribution in [-0.2, 0) is 4.79 Å². The van der Waals surface area contributed by atoms with Crippen molar-refractivity contribution in [3.05, 3.63) is 0 Å². The lowest BCUT2D eigenvalue weighted by Crippen LogP contribution is -2.42. The van der Waals surface area contributed by atoms with Crippen molar-refractivity contribution in [1.29, 1.82) is 0 Å². The van der Waals surface area contributed by atoms with Crippen LogP contribution in [0.4, 0.5) is 0 Å². The van der Waals surface area contributed by atoms with Crippen molar-refractivity contribution in [2.75, 3.05) is 0 Å². The molecule has 0 amide bonds. The lowest BCUT2D eigenvalue weighted by atomic mass is 9.73. The van der Waals surface area contributed by atoms with Crippen molar-refractivity contribution in [2.24, 2.45) is 34.5 Å². The summed E-state index contributed by atoms with van der Waals surface area (Å²) >= 11 is 0. The van der Waals surface area contributed by atoms with E-state index in [4.69, 9.17) is 0 Å². The molecule has 4 unspecified atom stereocenters. The standard InChI is InChI=1S/C17H22OSi/c1-19(2)16-9-5-3-6-10(16)14(9,16)13(18)15-11-7-4-8-12(15)17(11,15)19/h9-12H,3-8H2,1-2H3. The highest BCUT2D eigenvalue weighted by atomic mass is 28.3. The van der Waals surface area contributed by atoms with Gasteiger partial charge in [0.2, 0.25) is 0 Å². The molecule has 1 nitrogen and oxygen atoms in total. The Balaban J connectivity index is 1.52. The summed E-state index contributed by atoms with van der Waals surface area (Å²) in [6, 6.07) is 0. The van der Waals surface area contributed by atoms with Gasteiger partial charge in [-0.05, 0) is 59.4 Å². The summed E-state index contributed by atoms with van der Waals surface area (Å²) in [5.74, 6) is 4.47. The molecule has 6 aliphatic carbocycles. The lowest BCUT2D eigenvalue weighted by molar-refractivity contribution is -0.129. The predicted molar refractivity (Wildman–Crippen MR) is 74.4 cm³/mol. The Labute approximate surface area is 115 Å². The minimum Gasteiger partial charge on any atom is -0.298 e. The fourth-order valence-corrected chi connectivity index (χ4v) is 18.9. The maximum atomic E-state index is 13.5. The van der Waals surface area contributed by atoms with E-state index >= 15 is 0 Å². The zero-order valence-corrected chi connectivity index (χ0v) is 13.0. The second-order valence-electron chi connectivity index (χ2n) is 9.50. The van der Waals surface area contributed by atoms with Gasteiger partial charge in [0.1, 0.15) is 5.78 Å². The monoisotopic (exact) mass is 270 g/mol. The summed E-state index contributed by atoms with van der Waals surface area (Å²) in [6.07, 6.45) is 8.54. The van der Waals surface area contributed by atoms with Gasteiger partial charge in [-0.3, -0.25) is 4.79 Å². The summed E-state index contributed by atoms with van der Waals surface area (Å²) < 4.78 is 0. The first-order chi connectivity index (χ1) is 9.10. The molecule has 1 saturated heterocycles. The summed E-state index contributed by atoms with van der Waals surface area (Å²) in [4.78, 5) is 13.5. The normalized spacial score (nSPS) is 78.1. The molecule has 0 aromatic heterocycles. The van der Waals surface area contributed by atoms with Gasteiger partial charge in [-0.1, -0.05) is 25.9 Å². The molecule has 0 N–H and O–H groups in total. The van der Waals surface area contributed by atoms with E-state index in [9.17, 15) is 4.79 Å². The van der Waals surface area contributed by atoms with Crippen molar-refractivity contribution < 1.29 is 4.79 Å². The van der Waals surface area contributed by atoms with E-state index in [1.165, 1.54) is 38.5 Å². The Morgan fingerprint density at radius 1 is 0.842 bits per heavy atom. The molecule has 7 rings (SSSR count). The second-order valence-corrected chi connectivity index (χ2v) is 14.4. The van der Waals surface area contributed by atoms with E-state index < -0.39 is 8.07 Å². The number of hydrogen-bond acceptors (Lipinski definition) is 1. The van der Waals surface area contributed by atoms with Gasteiger partial charge >= 0.3 is 0 Å². The SMILES string of the molecule is C[Si]1(C)C23C4CCCC2C43C(=O)C23C4CCCC2C431. The Kier molecular flexibility index (Phi) is 1.01. The van der Waals surface area contributed by atoms with Crippen LogP contribution in [0.1, 0.15) is 38.5 Å². The maximum Gasteiger partial charge on any atom is 0.146 e. The average molecular weight is 270 g/mol. The highest BCUT2D eigenvalue weighted by Gasteiger charge is 3.19. The summed E-state index contributed by atoms with van der Waals surface area (Å²) in [7, 11) is -1.22. The molecule has 6 saturated carbocycles. The van der Waals surface area contributed by atoms with Gasteiger partial charge in [-0.25, -0.2) is 0 Å². The molecule has 100 valence electrons. The molecule has 2 spiro atoms. The molecule has 0 bridgehead atoms. The first kappa shape index (κ1) is 9.76. The molecule has 7 aliphatic rings. The fourth-order valence-electron chi connectivity index (χ4n) is 10.5. The molecular formula is C17H22OSi. The molecule has 7 fully saturated rings. The fraction of sp³-hybridized carbons (Fsp3) is 0.941. The quantitative estimate of drug-likeness (QED) is 0.614. The van der Waals surface area contributed by atoms with Crippen molar-refractivity contribution in [3.63, 3.8) is 0 Å². The Hall–Kier alpha value is -0.113. The largest absolute Gasteiger partial charge is 0.298 e. The molecule has 1 aliphatic heterocycles. The number of ketones is 1. The van der Waals surface area contributed by atoms with Crippen LogP contribution < -0.4 is 0 Å². The molecule has 2 heteroatoms. The molecule has 19 heavy (non-hydrogen) atoms. The van der Waals surface area contributed by atoms with E-state index in [0.29, 0.717) is 20.9 Å². The van der Waals surface area contributed by atoms with Crippen LogP contribution in [0.2, 0.25) is 23.2 Å². The van der Waals surface area contributed by atoms with Crippen LogP contribution in [0.25, 0.3) is 0 Å². The Bertz CT molecular complexity index is 543. The number of rotatable bonds is 0. The van der Waals surface area contributed by atoms with Gasteiger partial charge in [0.15, 0.2) is 0 Å². The van der Waals surface area contributed by atoms with E-state index in [1.54, 1.807) is 0 Å². The van der Waals surface area contributed by atoms with E-state index in [2.05, 4.69) is 13.1 Å². The zero-order valence-electron chi connectivity index (χ0n) is 12.0. The zero-order chi connectivity index (χ0) is 12.6. The third-order valence-corrected chi connectivity index (χ3v) is 16.6. The van der Waals surface area contributed by atoms with Crippen LogP contribution in [0, 0.1) is 34.5 Å². The van der Waals surface area contributed by atoms with Gasteiger partial charge in [-0.2, -0.15) is 0 Å². The van der Waals surface area contributed by atoms with Crippen LogP contribution in [0.15, 0.2) is 0 Å². The third-order valence-electron chi connectivity index (χ3n) is 10.2. The maximum absolute atomic E-state index is 13.5. The van der Waals surface area contributed by atoms with Crippen LogP contribution in [0.5, 0.6) is 0 Å². The first-order valence-corrected chi connectivity index (χ1v) is 11.6. The number of hydrogen-bond donors (Lipinski definition) is 0. The highest BCUT2D eigenvalue weighted by molar-refractivity contribution is 6.90. The lowest BCUT2D eigenvalue weighted by Gasteiger charge is -2.42. The number of carbonyl (C=O) groups is 1. The van der Waals surface area contributed by atoms with Gasteiger partial charge in [0, 0.05) is 10.8 Å². The summed E-state index contributed by atoms with van der Waals surface area (Å²) in [5.41, 5.74) is 0.649. The van der Waals surface area contributed by atoms with Crippen molar-refractivity contribution in [1.82, 2.24) is 0 Å². The van der Waals surface area contributed by atoms with Crippen LogP contribution in [0.3, 0.4) is 0 Å². The first-order valence-electron chi connectivity index (χ1n) is 8.65. The molecular weight excluding hydrogens is 248 g/mol. The van der Waals surface area contributed by atoms with E-state index in [-0.39, 0.29) is 0 Å². The Morgan fingerprint density at radius 2 is 1.21 bits per heavy atom. The molecule has 4 atom stereocenters. The third kappa shape index (κ3) is 0.452. The summed E-state index contributed by atoms with van der Waals surface area (Å²) in [6.45, 7) is 5.47. The number of carbonyl (C=O) groups excluding carboxylic acids is 1. The van der Waals surface area contributed by atoms with Gasteiger partial charge < -0.3 is 0 Å². The molecule has 0 radical (unpaired) electrons. The van der Waals surface area contributed by atoms with E-state index in [0.717, 1.165) is 29.5 Å². The molecule has 1 heterocycles. The topological polar surface area (TPSA) is 17.1 Å². The molecule has 0 aromatic carbocycles. The van der Waals surface area contributed by atoms with Crippen molar-refractivity contribution in [2.45, 2.75) is 61.7 Å². The highest BCUT2D eigenvalue weighted by Crippen LogP contribution is 3.21. The van der Waals surface area contributed by atoms with Crippen LogP contribution >= 0.6 is 0 Å². The van der Waals surface area contributed by atoms with Crippen LogP contribution in [-0.4, -0.2) is 13.9 Å². The van der Waals surface area contributed by atoms with Crippen molar-refractivity contribution in [3.8, 4) is 0 Å². The van der Waals surface area contributed by atoms with Gasteiger partial charge in [0.25, 0.3) is 0 Å². The molecule has 0 aromatic rings. The summed E-state index contributed by atoms with van der Waals surface area (Å²) in [5, 5.41) is 1.33. The van der Waals surface area contributed by atoms with Gasteiger partial charge in [-0.15, -0.1) is 0 Å². The smallest absolute Gasteiger partial charge is 0.146 e. The van der Waals surface area contributed by atoms with Crippen molar-refractivity contribution >= 4 is 13.9 Å². The van der Waals surface area contributed by atoms with E-state index in [1.807, 2.05) is 0 Å². The second kappa shape index (κ2) is 1.97. The minimum atomic E-state index is -1.22. The van der Waals surface area contributed by atoms with Gasteiger partial charge in [0.05, 0.1) is 8.07 Å². The Morgan fingerprint density at radius 3 is 1.58 bits per heavy atom. The number of Topliss-reactive ketones (excluding diaryl/α,β-unsaturated/α-hetero) is 1. The average Bonchev–Trinajstić information content (AvgIpc) is 3.32.